The van der Waals surface area contributed by atoms with Crippen molar-refractivity contribution in [2.45, 2.75) is 19.5 Å². The molecule has 0 spiro atoms. The second-order valence-corrected chi connectivity index (χ2v) is 5.53. The maximum Gasteiger partial charge on any atom is 0.128 e. The lowest BCUT2D eigenvalue weighted by atomic mass is 10.0. The molecule has 2 N–H and O–H groups in total. The quantitative estimate of drug-likeness (QED) is 0.765. The van der Waals surface area contributed by atoms with Crippen LogP contribution in [-0.4, -0.2) is 10.1 Å². The Hall–Kier alpha value is -1.91. The van der Waals surface area contributed by atoms with E-state index in [4.69, 9.17) is 0 Å². The van der Waals surface area contributed by atoms with Gasteiger partial charge in [0.05, 0.1) is 11.2 Å². The predicted octanol–water partition coefficient (Wildman–Crippen LogP) is 3.85. The van der Waals surface area contributed by atoms with Crippen LogP contribution in [0.1, 0.15) is 24.2 Å². The Bertz CT molecular complexity index is 710. The van der Waals surface area contributed by atoms with Gasteiger partial charge in [0.15, 0.2) is 0 Å². The molecule has 1 aromatic heterocycles. The number of phenols is 1. The fourth-order valence-electron chi connectivity index (χ4n) is 2.31. The zero-order valence-corrected chi connectivity index (χ0v) is 12.0. The molecule has 0 bridgehead atoms. The molecule has 0 saturated heterocycles. The third-order valence-corrected chi connectivity index (χ3v) is 4.11. The highest BCUT2D eigenvalue weighted by atomic mass is 32.1. The first kappa shape index (κ1) is 13.1. The molecule has 1 heterocycles. The summed E-state index contributed by atoms with van der Waals surface area (Å²) < 4.78 is 0. The van der Waals surface area contributed by atoms with Gasteiger partial charge in [-0.25, -0.2) is 4.98 Å². The molecule has 0 saturated carbocycles. The van der Waals surface area contributed by atoms with Crippen LogP contribution >= 0.6 is 11.3 Å². The van der Waals surface area contributed by atoms with Gasteiger partial charge in [-0.1, -0.05) is 36.4 Å². The van der Waals surface area contributed by atoms with Gasteiger partial charge in [0.25, 0.3) is 0 Å². The predicted molar refractivity (Wildman–Crippen MR) is 83.0 cm³/mol. The summed E-state index contributed by atoms with van der Waals surface area (Å²) in [6.07, 6.45) is 0. The molecule has 1 unspecified atom stereocenters. The third-order valence-electron chi connectivity index (χ3n) is 3.47. The fourth-order valence-corrected chi connectivity index (χ4v) is 2.87. The van der Waals surface area contributed by atoms with Gasteiger partial charge in [-0.2, -0.15) is 0 Å². The minimum Gasteiger partial charge on any atom is -0.507 e. The lowest BCUT2D eigenvalue weighted by Gasteiger charge is -2.16. The van der Waals surface area contributed by atoms with Crippen LogP contribution in [0.4, 0.5) is 0 Å². The highest BCUT2D eigenvalue weighted by Crippen LogP contribution is 2.32. The number of aromatic nitrogens is 1. The summed E-state index contributed by atoms with van der Waals surface area (Å²) in [5, 5.41) is 17.8. The van der Waals surface area contributed by atoms with Crippen LogP contribution in [0.15, 0.2) is 47.3 Å². The van der Waals surface area contributed by atoms with Crippen LogP contribution in [0.25, 0.3) is 10.8 Å². The molecule has 0 aliphatic rings. The largest absolute Gasteiger partial charge is 0.507 e. The first-order chi connectivity index (χ1) is 9.75. The highest BCUT2D eigenvalue weighted by Gasteiger charge is 2.12. The Balaban J connectivity index is 1.84. The molecule has 3 aromatic rings. The van der Waals surface area contributed by atoms with Crippen LogP contribution in [0.5, 0.6) is 5.75 Å². The Labute approximate surface area is 121 Å². The summed E-state index contributed by atoms with van der Waals surface area (Å²) in [6.45, 7) is 2.76. The highest BCUT2D eigenvalue weighted by molar-refractivity contribution is 7.07. The first-order valence-electron chi connectivity index (χ1n) is 6.57. The topological polar surface area (TPSA) is 45.2 Å². The smallest absolute Gasteiger partial charge is 0.128 e. The molecule has 3 nitrogen and oxygen atoms in total. The average molecular weight is 284 g/mol. The number of nitrogens with one attached hydrogen (secondary N) is 1. The van der Waals surface area contributed by atoms with Crippen molar-refractivity contribution in [3.8, 4) is 5.75 Å². The molecule has 3 rings (SSSR count). The summed E-state index contributed by atoms with van der Waals surface area (Å²) in [5.74, 6) is 0.362. The summed E-state index contributed by atoms with van der Waals surface area (Å²) in [5.41, 5.74) is 3.77. The van der Waals surface area contributed by atoms with Crippen molar-refractivity contribution < 1.29 is 5.11 Å². The number of thiazole rings is 1. The van der Waals surface area contributed by atoms with Gasteiger partial charge in [0, 0.05) is 28.9 Å². The standard InChI is InChI=1S/C16H16N2OS/c1-11(17-8-13-9-20-10-18-13)14-7-6-12-4-2-3-5-15(12)16(14)19/h2-7,9-11,17,19H,8H2,1H3. The van der Waals surface area contributed by atoms with Gasteiger partial charge in [0.1, 0.15) is 5.75 Å². The molecule has 4 heteroatoms. The van der Waals surface area contributed by atoms with E-state index in [0.717, 1.165) is 22.0 Å². The summed E-state index contributed by atoms with van der Waals surface area (Å²) >= 11 is 1.59. The van der Waals surface area contributed by atoms with E-state index >= 15 is 0 Å². The van der Waals surface area contributed by atoms with Gasteiger partial charge >= 0.3 is 0 Å². The van der Waals surface area contributed by atoms with Crippen LogP contribution < -0.4 is 5.32 Å². The van der Waals surface area contributed by atoms with E-state index in [1.807, 2.05) is 47.3 Å². The second-order valence-electron chi connectivity index (χ2n) is 4.81. The molecule has 0 radical (unpaired) electrons. The molecule has 0 aliphatic carbocycles. The number of nitrogens with zero attached hydrogens (tertiary/aromatic N) is 1. The van der Waals surface area contributed by atoms with Gasteiger partial charge in [-0.05, 0) is 12.3 Å². The molecule has 2 aromatic carbocycles. The Kier molecular flexibility index (Phi) is 3.67. The van der Waals surface area contributed by atoms with Crippen molar-refractivity contribution in [1.29, 1.82) is 0 Å². The Morgan fingerprint density at radius 2 is 2.10 bits per heavy atom. The maximum atomic E-state index is 10.4. The van der Waals surface area contributed by atoms with Gasteiger partial charge in [-0.3, -0.25) is 0 Å². The van der Waals surface area contributed by atoms with E-state index in [0.29, 0.717) is 12.3 Å². The van der Waals surface area contributed by atoms with Gasteiger partial charge in [0.2, 0.25) is 0 Å². The average Bonchev–Trinajstić information content (AvgIpc) is 2.99. The molecule has 0 amide bonds. The molecular weight excluding hydrogens is 268 g/mol. The Morgan fingerprint density at radius 3 is 2.90 bits per heavy atom. The lowest BCUT2D eigenvalue weighted by molar-refractivity contribution is 0.458. The normalized spacial score (nSPS) is 12.7. The molecule has 102 valence electrons. The van der Waals surface area contributed by atoms with Crippen LogP contribution in [0.2, 0.25) is 0 Å². The van der Waals surface area contributed by atoms with E-state index in [2.05, 4.69) is 17.2 Å². The number of phenolic OH excluding ortho intramolecular Hbond substituents is 1. The van der Waals surface area contributed by atoms with Crippen molar-refractivity contribution >= 4 is 22.1 Å². The van der Waals surface area contributed by atoms with E-state index in [1.54, 1.807) is 11.3 Å². The van der Waals surface area contributed by atoms with E-state index in [-0.39, 0.29) is 6.04 Å². The summed E-state index contributed by atoms with van der Waals surface area (Å²) in [6, 6.07) is 12.0. The summed E-state index contributed by atoms with van der Waals surface area (Å²) in [7, 11) is 0. The summed E-state index contributed by atoms with van der Waals surface area (Å²) in [4.78, 5) is 4.25. The van der Waals surface area contributed by atoms with Crippen LogP contribution in [0, 0.1) is 0 Å². The van der Waals surface area contributed by atoms with Crippen molar-refractivity contribution in [2.75, 3.05) is 0 Å². The monoisotopic (exact) mass is 284 g/mol. The van der Waals surface area contributed by atoms with Crippen molar-refractivity contribution in [3.63, 3.8) is 0 Å². The molecule has 0 fully saturated rings. The van der Waals surface area contributed by atoms with E-state index < -0.39 is 0 Å². The SMILES string of the molecule is CC(NCc1cscn1)c1ccc2ccccc2c1O. The lowest BCUT2D eigenvalue weighted by Crippen LogP contribution is -2.18. The minimum absolute atomic E-state index is 0.0707. The maximum absolute atomic E-state index is 10.4. The Morgan fingerprint density at radius 1 is 1.25 bits per heavy atom. The zero-order chi connectivity index (χ0) is 13.9. The van der Waals surface area contributed by atoms with Crippen molar-refractivity contribution in [1.82, 2.24) is 10.3 Å². The van der Waals surface area contributed by atoms with Crippen molar-refractivity contribution in [2.24, 2.45) is 0 Å². The number of benzene rings is 2. The van der Waals surface area contributed by atoms with Crippen LogP contribution in [0.3, 0.4) is 0 Å². The second kappa shape index (κ2) is 5.61. The number of hydrogen-bond acceptors (Lipinski definition) is 4. The van der Waals surface area contributed by atoms with Crippen molar-refractivity contribution in [3.05, 3.63) is 58.5 Å². The molecule has 20 heavy (non-hydrogen) atoms. The number of hydrogen-bond donors (Lipinski definition) is 2. The third kappa shape index (κ3) is 2.53. The first-order valence-corrected chi connectivity index (χ1v) is 7.51. The van der Waals surface area contributed by atoms with E-state index in [1.165, 1.54) is 0 Å². The van der Waals surface area contributed by atoms with Gasteiger partial charge < -0.3 is 10.4 Å². The fraction of sp³-hybridized carbons (Fsp3) is 0.188. The molecule has 1 atom stereocenters. The number of aromatic hydroxyl groups is 1. The van der Waals surface area contributed by atoms with Crippen LogP contribution in [-0.2, 0) is 6.54 Å². The number of rotatable bonds is 4. The van der Waals surface area contributed by atoms with E-state index in [9.17, 15) is 5.11 Å². The molecule has 0 aliphatic heterocycles. The minimum atomic E-state index is 0.0707. The van der Waals surface area contributed by atoms with Gasteiger partial charge in [-0.15, -0.1) is 11.3 Å². The number of fused-ring (bicyclic) bond motifs is 1. The zero-order valence-electron chi connectivity index (χ0n) is 11.2. The molecular formula is C16H16N2OS.